The monoisotopic (exact) mass is 231 g/mol. The molecule has 0 fully saturated rings. The summed E-state index contributed by atoms with van der Waals surface area (Å²) in [4.78, 5) is 21.7. The van der Waals surface area contributed by atoms with E-state index in [-0.39, 0.29) is 6.61 Å². The second-order valence-corrected chi connectivity index (χ2v) is 3.58. The van der Waals surface area contributed by atoms with Crippen molar-refractivity contribution >= 4 is 12.4 Å². The fraction of sp³-hybridized carbons (Fsp3) is 0.818. The smallest absolute Gasteiger partial charge is 0.331 e. The third kappa shape index (κ3) is 5.70. The van der Waals surface area contributed by atoms with E-state index in [1.165, 1.54) is 0 Å². The number of carbonyl (C=O) groups is 2. The van der Waals surface area contributed by atoms with Gasteiger partial charge in [0, 0.05) is 0 Å². The zero-order valence-electron chi connectivity index (χ0n) is 9.94. The maximum atomic E-state index is 11.4. The van der Waals surface area contributed by atoms with E-state index in [9.17, 15) is 14.7 Å². The maximum absolute atomic E-state index is 11.4. The van der Waals surface area contributed by atoms with Crippen molar-refractivity contribution in [2.75, 3.05) is 6.61 Å². The number of hydrogen-bond donors (Lipinski definition) is 2. The Morgan fingerprint density at radius 3 is 2.62 bits per heavy atom. The highest BCUT2D eigenvalue weighted by molar-refractivity contribution is 5.78. The molecule has 94 valence electrons. The number of rotatable bonds is 9. The van der Waals surface area contributed by atoms with Crippen LogP contribution in [0.25, 0.3) is 0 Å². The maximum Gasteiger partial charge on any atom is 0.331 e. The van der Waals surface area contributed by atoms with E-state index >= 15 is 0 Å². The minimum Gasteiger partial charge on any atom is -0.464 e. The van der Waals surface area contributed by atoms with Gasteiger partial charge in [0.15, 0.2) is 6.04 Å². The van der Waals surface area contributed by atoms with Crippen LogP contribution in [0.15, 0.2) is 0 Å². The van der Waals surface area contributed by atoms with Crippen LogP contribution in [0.1, 0.15) is 39.5 Å². The second-order valence-electron chi connectivity index (χ2n) is 3.58. The molecule has 0 saturated heterocycles. The van der Waals surface area contributed by atoms with Crippen molar-refractivity contribution in [1.29, 1.82) is 0 Å². The molecule has 0 aliphatic carbocycles. The van der Waals surface area contributed by atoms with E-state index in [1.807, 2.05) is 0 Å². The van der Waals surface area contributed by atoms with Crippen molar-refractivity contribution in [2.45, 2.75) is 51.7 Å². The van der Waals surface area contributed by atoms with Crippen molar-refractivity contribution in [3.63, 3.8) is 0 Å². The van der Waals surface area contributed by atoms with Gasteiger partial charge < -0.3 is 15.2 Å². The third-order valence-electron chi connectivity index (χ3n) is 2.28. The number of hydrogen-bond acceptors (Lipinski definition) is 4. The molecule has 2 atom stereocenters. The Balaban J connectivity index is 4.16. The van der Waals surface area contributed by atoms with Gasteiger partial charge >= 0.3 is 5.97 Å². The molecule has 0 radical (unpaired) electrons. The third-order valence-corrected chi connectivity index (χ3v) is 2.28. The zero-order chi connectivity index (χ0) is 12.4. The highest BCUT2D eigenvalue weighted by Crippen LogP contribution is 2.08. The van der Waals surface area contributed by atoms with Crippen LogP contribution in [0.4, 0.5) is 0 Å². The summed E-state index contributed by atoms with van der Waals surface area (Å²) in [5.41, 5.74) is 0. The molecule has 0 aromatic rings. The molecule has 2 unspecified atom stereocenters. The normalized spacial score (nSPS) is 13.9. The molecule has 0 heterocycles. The Hall–Kier alpha value is -1.10. The van der Waals surface area contributed by atoms with Crippen LogP contribution in [-0.4, -0.2) is 36.2 Å². The van der Waals surface area contributed by atoms with Gasteiger partial charge in [-0.3, -0.25) is 4.79 Å². The summed E-state index contributed by atoms with van der Waals surface area (Å²) >= 11 is 0. The van der Waals surface area contributed by atoms with Gasteiger partial charge in [0.1, 0.15) is 0 Å². The topological polar surface area (TPSA) is 75.6 Å². The molecule has 5 heteroatoms. The standard InChI is InChI=1S/C11H21NO4/c1-3-5-6-7-9(14)10(12-8-13)11(15)16-4-2/h8-10,14H,3-7H2,1-2H3,(H,12,13). The number of unbranched alkanes of at least 4 members (excludes halogenated alkanes) is 2. The molecule has 0 aliphatic rings. The van der Waals surface area contributed by atoms with Crippen LogP contribution in [0.3, 0.4) is 0 Å². The summed E-state index contributed by atoms with van der Waals surface area (Å²) in [7, 11) is 0. The zero-order valence-corrected chi connectivity index (χ0v) is 9.94. The largest absolute Gasteiger partial charge is 0.464 e. The van der Waals surface area contributed by atoms with Crippen molar-refractivity contribution in [1.82, 2.24) is 5.32 Å². The summed E-state index contributed by atoms with van der Waals surface area (Å²) in [5.74, 6) is -0.585. The Morgan fingerprint density at radius 2 is 2.12 bits per heavy atom. The number of amides is 1. The van der Waals surface area contributed by atoms with E-state index in [0.717, 1.165) is 19.3 Å². The number of aliphatic hydroxyl groups excluding tert-OH is 1. The van der Waals surface area contributed by atoms with Gasteiger partial charge in [-0.05, 0) is 13.3 Å². The SMILES string of the molecule is CCCCCC(O)C(NC=O)C(=O)OCC. The molecule has 0 rings (SSSR count). The van der Waals surface area contributed by atoms with Crippen LogP contribution >= 0.6 is 0 Å². The fourth-order valence-corrected chi connectivity index (χ4v) is 1.41. The number of esters is 1. The molecule has 0 aromatic carbocycles. The fourth-order valence-electron chi connectivity index (χ4n) is 1.41. The first-order valence-electron chi connectivity index (χ1n) is 5.71. The van der Waals surface area contributed by atoms with Gasteiger partial charge in [-0.15, -0.1) is 0 Å². The molecular formula is C11H21NO4. The van der Waals surface area contributed by atoms with Crippen LogP contribution in [0, 0.1) is 0 Å². The second kappa shape index (κ2) is 9.15. The lowest BCUT2D eigenvalue weighted by Crippen LogP contribution is -2.46. The molecule has 0 spiro atoms. The Morgan fingerprint density at radius 1 is 1.44 bits per heavy atom. The van der Waals surface area contributed by atoms with E-state index < -0.39 is 18.1 Å². The predicted octanol–water partition coefficient (Wildman–Crippen LogP) is 0.605. The molecule has 16 heavy (non-hydrogen) atoms. The summed E-state index contributed by atoms with van der Waals surface area (Å²) in [6.45, 7) is 3.97. The molecular weight excluding hydrogens is 210 g/mol. The Labute approximate surface area is 96.2 Å². The van der Waals surface area contributed by atoms with Crippen molar-refractivity contribution < 1.29 is 19.4 Å². The van der Waals surface area contributed by atoms with Crippen molar-refractivity contribution in [2.24, 2.45) is 0 Å². The molecule has 0 aromatic heterocycles. The number of nitrogens with one attached hydrogen (secondary N) is 1. The van der Waals surface area contributed by atoms with Gasteiger partial charge in [0.25, 0.3) is 0 Å². The predicted molar refractivity (Wildman–Crippen MR) is 59.8 cm³/mol. The van der Waals surface area contributed by atoms with Gasteiger partial charge in [0.05, 0.1) is 12.7 Å². The number of aliphatic hydroxyl groups is 1. The lowest BCUT2D eigenvalue weighted by atomic mass is 10.0. The number of ether oxygens (including phenoxy) is 1. The molecule has 2 N–H and O–H groups in total. The summed E-state index contributed by atoms with van der Waals surface area (Å²) in [6, 6.07) is -0.950. The Kier molecular flexibility index (Phi) is 8.52. The lowest BCUT2D eigenvalue weighted by Gasteiger charge is -2.20. The first-order valence-corrected chi connectivity index (χ1v) is 5.71. The minimum absolute atomic E-state index is 0.234. The highest BCUT2D eigenvalue weighted by atomic mass is 16.5. The van der Waals surface area contributed by atoms with Crippen LogP contribution in [0.5, 0.6) is 0 Å². The average molecular weight is 231 g/mol. The summed E-state index contributed by atoms with van der Waals surface area (Å²) in [6.07, 6.45) is 2.87. The van der Waals surface area contributed by atoms with Gasteiger partial charge in [-0.2, -0.15) is 0 Å². The van der Waals surface area contributed by atoms with Crippen molar-refractivity contribution in [3.05, 3.63) is 0 Å². The first kappa shape index (κ1) is 14.9. The molecule has 0 saturated carbocycles. The highest BCUT2D eigenvalue weighted by Gasteiger charge is 2.26. The van der Waals surface area contributed by atoms with Gasteiger partial charge in [-0.25, -0.2) is 4.79 Å². The summed E-state index contributed by atoms with van der Waals surface area (Å²) in [5, 5.41) is 12.0. The van der Waals surface area contributed by atoms with Gasteiger partial charge in [-0.1, -0.05) is 26.2 Å². The van der Waals surface area contributed by atoms with E-state index in [2.05, 4.69) is 12.2 Å². The van der Waals surface area contributed by atoms with Crippen LogP contribution in [-0.2, 0) is 14.3 Å². The molecule has 0 aliphatic heterocycles. The molecule has 0 bridgehead atoms. The molecule has 5 nitrogen and oxygen atoms in total. The van der Waals surface area contributed by atoms with E-state index in [0.29, 0.717) is 12.8 Å². The molecule has 1 amide bonds. The van der Waals surface area contributed by atoms with E-state index in [1.54, 1.807) is 6.92 Å². The minimum atomic E-state index is -0.950. The average Bonchev–Trinajstić information content (AvgIpc) is 2.26. The van der Waals surface area contributed by atoms with Gasteiger partial charge in [0.2, 0.25) is 6.41 Å². The van der Waals surface area contributed by atoms with Crippen LogP contribution in [0.2, 0.25) is 0 Å². The first-order chi connectivity index (χ1) is 7.67. The lowest BCUT2D eigenvalue weighted by molar-refractivity contribution is -0.149. The quantitative estimate of drug-likeness (QED) is 0.346. The Bertz CT molecular complexity index is 208. The number of carbonyl (C=O) groups excluding carboxylic acids is 2. The van der Waals surface area contributed by atoms with Crippen LogP contribution < -0.4 is 5.32 Å². The van der Waals surface area contributed by atoms with Crippen molar-refractivity contribution in [3.8, 4) is 0 Å². The summed E-state index contributed by atoms with van der Waals surface area (Å²) < 4.78 is 4.76. The van der Waals surface area contributed by atoms with E-state index in [4.69, 9.17) is 4.74 Å².